The standard InChI is InChI=1S/C11H16N2O2S/c1-7-8(2)16-9(13-7)6-12-11(10(14)15)4-3-5-11/h12H,3-6H2,1-2H3,(H,14,15). The van der Waals surface area contributed by atoms with E-state index in [1.807, 2.05) is 13.8 Å². The van der Waals surface area contributed by atoms with Gasteiger partial charge in [0.15, 0.2) is 0 Å². The second-order valence-electron chi connectivity index (χ2n) is 4.34. The third-order valence-corrected chi connectivity index (χ3v) is 4.34. The lowest BCUT2D eigenvalue weighted by Crippen LogP contribution is -2.56. The summed E-state index contributed by atoms with van der Waals surface area (Å²) >= 11 is 1.63. The third kappa shape index (κ3) is 1.97. The highest BCUT2D eigenvalue weighted by Crippen LogP contribution is 2.32. The van der Waals surface area contributed by atoms with Crippen LogP contribution in [0.5, 0.6) is 0 Å². The Balaban J connectivity index is 1.99. The molecule has 4 nitrogen and oxygen atoms in total. The maximum absolute atomic E-state index is 11.1. The van der Waals surface area contributed by atoms with Crippen LogP contribution >= 0.6 is 11.3 Å². The first-order chi connectivity index (χ1) is 7.53. The van der Waals surface area contributed by atoms with Crippen LogP contribution in [0.2, 0.25) is 0 Å². The molecular weight excluding hydrogens is 224 g/mol. The van der Waals surface area contributed by atoms with Crippen molar-refractivity contribution in [2.75, 3.05) is 0 Å². The average molecular weight is 240 g/mol. The molecule has 1 aliphatic rings. The molecule has 1 aliphatic carbocycles. The summed E-state index contributed by atoms with van der Waals surface area (Å²) in [6.45, 7) is 4.57. The van der Waals surface area contributed by atoms with Crippen LogP contribution in [-0.4, -0.2) is 21.6 Å². The maximum atomic E-state index is 11.1. The number of nitrogens with one attached hydrogen (secondary N) is 1. The van der Waals surface area contributed by atoms with Gasteiger partial charge in [0.25, 0.3) is 0 Å². The fourth-order valence-electron chi connectivity index (χ4n) is 1.86. The highest BCUT2D eigenvalue weighted by Gasteiger charge is 2.43. The third-order valence-electron chi connectivity index (χ3n) is 3.27. The van der Waals surface area contributed by atoms with Crippen molar-refractivity contribution in [2.45, 2.75) is 45.2 Å². The SMILES string of the molecule is Cc1nc(CNC2(C(=O)O)CCC2)sc1C. The van der Waals surface area contributed by atoms with Crippen LogP contribution in [0.1, 0.15) is 34.8 Å². The molecule has 5 heteroatoms. The van der Waals surface area contributed by atoms with Gasteiger partial charge in [0.05, 0.1) is 5.69 Å². The molecule has 1 fully saturated rings. The molecule has 0 radical (unpaired) electrons. The summed E-state index contributed by atoms with van der Waals surface area (Å²) in [4.78, 5) is 16.7. The highest BCUT2D eigenvalue weighted by molar-refractivity contribution is 7.11. The van der Waals surface area contributed by atoms with Gasteiger partial charge in [-0.2, -0.15) is 0 Å². The zero-order valence-electron chi connectivity index (χ0n) is 9.54. The molecule has 0 aliphatic heterocycles. The zero-order chi connectivity index (χ0) is 11.8. The number of aryl methyl sites for hydroxylation is 2. The van der Waals surface area contributed by atoms with Gasteiger partial charge in [0.1, 0.15) is 10.5 Å². The fourth-order valence-corrected chi connectivity index (χ4v) is 2.73. The van der Waals surface area contributed by atoms with Crippen molar-refractivity contribution in [3.63, 3.8) is 0 Å². The zero-order valence-corrected chi connectivity index (χ0v) is 10.4. The van der Waals surface area contributed by atoms with E-state index in [-0.39, 0.29) is 0 Å². The molecular formula is C11H16N2O2S. The van der Waals surface area contributed by atoms with E-state index in [4.69, 9.17) is 5.11 Å². The van der Waals surface area contributed by atoms with Crippen molar-refractivity contribution in [3.8, 4) is 0 Å². The van der Waals surface area contributed by atoms with Crippen molar-refractivity contribution in [1.82, 2.24) is 10.3 Å². The predicted octanol–water partition coefficient (Wildman–Crippen LogP) is 1.86. The Morgan fingerprint density at radius 2 is 2.25 bits per heavy atom. The molecule has 0 atom stereocenters. The van der Waals surface area contributed by atoms with Crippen molar-refractivity contribution >= 4 is 17.3 Å². The lowest BCUT2D eigenvalue weighted by molar-refractivity contribution is -0.148. The Morgan fingerprint density at radius 3 is 2.62 bits per heavy atom. The lowest BCUT2D eigenvalue weighted by Gasteiger charge is -2.38. The summed E-state index contributed by atoms with van der Waals surface area (Å²) in [6, 6.07) is 0. The first-order valence-electron chi connectivity index (χ1n) is 5.45. The van der Waals surface area contributed by atoms with Crippen LogP contribution in [0.3, 0.4) is 0 Å². The molecule has 2 N–H and O–H groups in total. The minimum atomic E-state index is -0.733. The molecule has 16 heavy (non-hydrogen) atoms. The van der Waals surface area contributed by atoms with Crippen molar-refractivity contribution < 1.29 is 9.90 Å². The van der Waals surface area contributed by atoms with Gasteiger partial charge in [-0.05, 0) is 33.1 Å². The van der Waals surface area contributed by atoms with Crippen LogP contribution in [0.15, 0.2) is 0 Å². The Morgan fingerprint density at radius 1 is 1.56 bits per heavy atom. The van der Waals surface area contributed by atoms with Gasteiger partial charge in [0, 0.05) is 11.4 Å². The first-order valence-corrected chi connectivity index (χ1v) is 6.26. The van der Waals surface area contributed by atoms with Crippen LogP contribution in [0.25, 0.3) is 0 Å². The highest BCUT2D eigenvalue weighted by atomic mass is 32.1. The number of carbonyl (C=O) groups is 1. The number of carboxylic acids is 1. The van der Waals surface area contributed by atoms with E-state index < -0.39 is 11.5 Å². The summed E-state index contributed by atoms with van der Waals surface area (Å²) in [6.07, 6.45) is 2.45. The molecule has 1 saturated carbocycles. The number of rotatable bonds is 4. The number of thiazole rings is 1. The molecule has 0 aromatic carbocycles. The summed E-state index contributed by atoms with van der Waals surface area (Å²) < 4.78 is 0. The van der Waals surface area contributed by atoms with Gasteiger partial charge in [-0.25, -0.2) is 4.98 Å². The molecule has 2 rings (SSSR count). The van der Waals surface area contributed by atoms with E-state index in [1.54, 1.807) is 11.3 Å². The van der Waals surface area contributed by atoms with Gasteiger partial charge in [0.2, 0.25) is 0 Å². The van der Waals surface area contributed by atoms with Crippen LogP contribution in [0.4, 0.5) is 0 Å². The fraction of sp³-hybridized carbons (Fsp3) is 0.636. The Labute approximate surface area is 98.7 Å². The van der Waals surface area contributed by atoms with E-state index in [2.05, 4.69) is 10.3 Å². The number of nitrogens with zero attached hydrogens (tertiary/aromatic N) is 1. The van der Waals surface area contributed by atoms with E-state index in [0.29, 0.717) is 6.54 Å². The maximum Gasteiger partial charge on any atom is 0.323 e. The number of aromatic nitrogens is 1. The first kappa shape index (κ1) is 11.5. The van der Waals surface area contributed by atoms with E-state index in [0.717, 1.165) is 30.0 Å². The molecule has 1 heterocycles. The molecule has 0 saturated heterocycles. The van der Waals surface area contributed by atoms with Gasteiger partial charge in [-0.3, -0.25) is 10.1 Å². The number of hydrogen-bond donors (Lipinski definition) is 2. The van der Waals surface area contributed by atoms with Gasteiger partial charge in [-0.15, -0.1) is 11.3 Å². The molecule has 0 spiro atoms. The van der Waals surface area contributed by atoms with E-state index >= 15 is 0 Å². The Bertz CT molecular complexity index is 391. The second-order valence-corrected chi connectivity index (χ2v) is 5.63. The van der Waals surface area contributed by atoms with Gasteiger partial charge < -0.3 is 5.11 Å². The van der Waals surface area contributed by atoms with Crippen LogP contribution < -0.4 is 5.32 Å². The van der Waals surface area contributed by atoms with E-state index in [9.17, 15) is 4.79 Å². The van der Waals surface area contributed by atoms with E-state index in [1.165, 1.54) is 4.88 Å². The Kier molecular flexibility index (Phi) is 2.99. The predicted molar refractivity (Wildman–Crippen MR) is 62.6 cm³/mol. The number of aliphatic carboxylic acids is 1. The molecule has 1 aromatic rings. The summed E-state index contributed by atoms with van der Waals surface area (Å²) in [5.41, 5.74) is 0.354. The second kappa shape index (κ2) is 4.14. The van der Waals surface area contributed by atoms with Crippen molar-refractivity contribution in [3.05, 3.63) is 15.6 Å². The van der Waals surface area contributed by atoms with Crippen molar-refractivity contribution in [1.29, 1.82) is 0 Å². The quantitative estimate of drug-likeness (QED) is 0.843. The number of carboxylic acid groups (broad SMARTS) is 1. The minimum Gasteiger partial charge on any atom is -0.480 e. The summed E-state index contributed by atoms with van der Waals surface area (Å²) in [7, 11) is 0. The molecule has 88 valence electrons. The normalized spacial score (nSPS) is 18.1. The topological polar surface area (TPSA) is 62.2 Å². The lowest BCUT2D eigenvalue weighted by atomic mass is 9.77. The monoisotopic (exact) mass is 240 g/mol. The summed E-state index contributed by atoms with van der Waals surface area (Å²) in [5, 5.41) is 13.3. The molecule has 0 amide bonds. The minimum absolute atomic E-state index is 0.561. The molecule has 0 bridgehead atoms. The average Bonchev–Trinajstić information content (AvgIpc) is 2.44. The smallest absolute Gasteiger partial charge is 0.323 e. The Hall–Kier alpha value is -0.940. The molecule has 0 unspecified atom stereocenters. The van der Waals surface area contributed by atoms with Gasteiger partial charge in [-0.1, -0.05) is 0 Å². The van der Waals surface area contributed by atoms with Crippen molar-refractivity contribution in [2.24, 2.45) is 0 Å². The molecule has 1 aromatic heterocycles. The van der Waals surface area contributed by atoms with Crippen LogP contribution in [0, 0.1) is 13.8 Å². The largest absolute Gasteiger partial charge is 0.480 e. The number of hydrogen-bond acceptors (Lipinski definition) is 4. The van der Waals surface area contributed by atoms with Gasteiger partial charge >= 0.3 is 5.97 Å². The van der Waals surface area contributed by atoms with Crippen LogP contribution in [-0.2, 0) is 11.3 Å². The summed E-state index contributed by atoms with van der Waals surface area (Å²) in [5.74, 6) is -0.733.